The van der Waals surface area contributed by atoms with E-state index < -0.39 is 11.7 Å². The van der Waals surface area contributed by atoms with Gasteiger partial charge in [-0.3, -0.25) is 0 Å². The van der Waals surface area contributed by atoms with Gasteiger partial charge in [0.25, 0.3) is 0 Å². The number of aromatic nitrogens is 2. The van der Waals surface area contributed by atoms with Crippen LogP contribution in [-0.4, -0.2) is 9.13 Å². The van der Waals surface area contributed by atoms with Gasteiger partial charge >= 0.3 is 6.18 Å². The summed E-state index contributed by atoms with van der Waals surface area (Å²) in [6.45, 7) is 23.8. The van der Waals surface area contributed by atoms with Crippen molar-refractivity contribution in [2.24, 2.45) is 0 Å². The Labute approximate surface area is 272 Å². The Kier molecular flexibility index (Phi) is 6.34. The maximum absolute atomic E-state index is 14.6. The highest BCUT2D eigenvalue weighted by molar-refractivity contribution is 6.13. The Morgan fingerprint density at radius 1 is 0.479 bits per heavy atom. The van der Waals surface area contributed by atoms with Crippen molar-refractivity contribution in [3.8, 4) is 22.5 Å². The predicted molar refractivity (Wildman–Crippen MR) is 184 cm³/mol. The minimum Gasteiger partial charge on any atom is -0.319 e. The minimum atomic E-state index is -4.65. The highest BCUT2D eigenvalue weighted by atomic mass is 19.4. The van der Waals surface area contributed by atoms with Crippen molar-refractivity contribution in [2.75, 3.05) is 0 Å². The number of hydrogen-bond acceptors (Lipinski definition) is 0. The fourth-order valence-electron chi connectivity index (χ4n) is 6.83. The third-order valence-corrected chi connectivity index (χ3v) is 8.80. The van der Waals surface area contributed by atoms with Crippen molar-refractivity contribution in [1.82, 2.24) is 9.13 Å². The molecule has 8 heteroatoms. The topological polar surface area (TPSA) is 22.9 Å². The second-order valence-corrected chi connectivity index (χ2v) is 11.3. The van der Waals surface area contributed by atoms with Crippen molar-refractivity contribution in [2.45, 2.75) is 6.18 Å². The molecule has 2 aromatic heterocycles. The molecule has 2 heterocycles. The Hall–Kier alpha value is -6.82. The van der Waals surface area contributed by atoms with E-state index >= 15 is 0 Å². The Morgan fingerprint density at radius 3 is 1.58 bits per heavy atom. The zero-order valence-corrected chi connectivity index (χ0v) is 24.9. The summed E-state index contributed by atoms with van der Waals surface area (Å²) < 4.78 is 47.5. The smallest absolute Gasteiger partial charge is 0.319 e. The van der Waals surface area contributed by atoms with E-state index in [2.05, 4.69) is 14.5 Å². The van der Waals surface area contributed by atoms with E-state index in [1.807, 2.05) is 69.8 Å². The fraction of sp³-hybridized carbons (Fsp3) is 0.0250. The molecule has 0 radical (unpaired) electrons. The van der Waals surface area contributed by atoms with Crippen LogP contribution in [0.15, 0.2) is 121 Å². The summed E-state index contributed by atoms with van der Waals surface area (Å²) in [6, 6.07) is 34.6. The third-order valence-electron chi connectivity index (χ3n) is 8.80. The second-order valence-electron chi connectivity index (χ2n) is 11.3. The van der Waals surface area contributed by atoms with Gasteiger partial charge in [0.1, 0.15) is 0 Å². The van der Waals surface area contributed by atoms with Crippen LogP contribution in [0.1, 0.15) is 5.56 Å². The molecule has 0 saturated heterocycles. The number of rotatable bonds is 3. The minimum absolute atomic E-state index is 0.0518. The van der Waals surface area contributed by atoms with Gasteiger partial charge in [-0.2, -0.15) is 13.2 Å². The number of nitrogens with zero attached hydrogens (tertiary/aromatic N) is 5. The first-order valence-electron chi connectivity index (χ1n) is 14.9. The van der Waals surface area contributed by atoms with Gasteiger partial charge in [-0.25, -0.2) is 14.5 Å². The number of halogens is 3. The molecule has 0 amide bonds. The van der Waals surface area contributed by atoms with E-state index in [1.54, 1.807) is 42.5 Å². The Balaban J connectivity index is 1.58. The van der Waals surface area contributed by atoms with E-state index in [4.69, 9.17) is 19.7 Å². The van der Waals surface area contributed by atoms with Gasteiger partial charge in [0.05, 0.1) is 58.7 Å². The number of alkyl halides is 3. The quantitative estimate of drug-likeness (QED) is 0.174. The molecule has 0 fully saturated rings. The van der Waals surface area contributed by atoms with E-state index in [-0.39, 0.29) is 16.8 Å². The maximum Gasteiger partial charge on any atom is 0.417 e. The number of fused-ring (bicyclic) bond motifs is 6. The highest BCUT2D eigenvalue weighted by Crippen LogP contribution is 2.48. The molecule has 0 bridgehead atoms. The summed E-state index contributed by atoms with van der Waals surface area (Å²) >= 11 is 0. The van der Waals surface area contributed by atoms with Gasteiger partial charge in [0, 0.05) is 10.8 Å². The summed E-state index contributed by atoms with van der Waals surface area (Å²) in [7, 11) is 0. The van der Waals surface area contributed by atoms with Crippen LogP contribution in [0.4, 0.5) is 30.2 Å². The fourth-order valence-corrected chi connectivity index (χ4v) is 6.83. The first-order chi connectivity index (χ1) is 23.3. The van der Waals surface area contributed by atoms with E-state index in [1.165, 1.54) is 12.1 Å². The van der Waals surface area contributed by atoms with E-state index in [0.29, 0.717) is 33.8 Å². The summed E-state index contributed by atoms with van der Waals surface area (Å²) in [5, 5.41) is 3.26. The zero-order chi connectivity index (χ0) is 33.2. The normalized spacial score (nSPS) is 11.6. The van der Waals surface area contributed by atoms with Gasteiger partial charge in [0.2, 0.25) is 5.69 Å². The molecule has 0 aliphatic carbocycles. The summed E-state index contributed by atoms with van der Waals surface area (Å²) in [5.74, 6) is 0. The van der Waals surface area contributed by atoms with Crippen LogP contribution >= 0.6 is 0 Å². The van der Waals surface area contributed by atoms with Crippen molar-refractivity contribution >= 4 is 60.7 Å². The number of para-hydroxylation sites is 2. The second kappa shape index (κ2) is 10.6. The molecular formula is C40H20F3N5. The molecule has 0 aliphatic rings. The molecule has 0 aliphatic heterocycles. The van der Waals surface area contributed by atoms with Crippen LogP contribution in [0.3, 0.4) is 0 Å². The maximum atomic E-state index is 14.6. The van der Waals surface area contributed by atoms with E-state index in [9.17, 15) is 13.2 Å². The SMILES string of the molecule is [C-]#[N+]c1ccc2c(c1)c1ccccc1n2-c1ccc(-c2ccccc2C(F)(F)F)c(-n2c3ccccc3c3cc([N+]#[C-])ccc32)c1[N+]#[C-]. The monoisotopic (exact) mass is 627 g/mol. The lowest BCUT2D eigenvalue weighted by Gasteiger charge is -2.22. The van der Waals surface area contributed by atoms with Crippen LogP contribution < -0.4 is 0 Å². The van der Waals surface area contributed by atoms with Crippen molar-refractivity contribution in [3.63, 3.8) is 0 Å². The van der Waals surface area contributed by atoms with Gasteiger partial charge < -0.3 is 9.13 Å². The summed E-state index contributed by atoms with van der Waals surface area (Å²) in [6.07, 6.45) is -4.65. The summed E-state index contributed by atoms with van der Waals surface area (Å²) in [4.78, 5) is 11.3. The molecular weight excluding hydrogens is 607 g/mol. The lowest BCUT2D eigenvalue weighted by molar-refractivity contribution is -0.137. The lowest BCUT2D eigenvalue weighted by atomic mass is 9.96. The van der Waals surface area contributed by atoms with Crippen molar-refractivity contribution in [1.29, 1.82) is 0 Å². The van der Waals surface area contributed by atoms with Gasteiger partial charge in [-0.15, -0.1) is 0 Å². The van der Waals surface area contributed by atoms with Crippen LogP contribution in [-0.2, 0) is 6.18 Å². The molecule has 6 aromatic carbocycles. The molecule has 8 aromatic rings. The Morgan fingerprint density at radius 2 is 1.00 bits per heavy atom. The molecule has 226 valence electrons. The van der Waals surface area contributed by atoms with Gasteiger partial charge in [-0.05, 0) is 70.4 Å². The first-order valence-corrected chi connectivity index (χ1v) is 14.9. The average Bonchev–Trinajstić information content (AvgIpc) is 3.62. The first kappa shape index (κ1) is 28.6. The van der Waals surface area contributed by atoms with Crippen molar-refractivity contribution < 1.29 is 13.2 Å². The lowest BCUT2D eigenvalue weighted by Crippen LogP contribution is -2.09. The summed E-state index contributed by atoms with van der Waals surface area (Å²) in [5.41, 5.74) is 4.10. The van der Waals surface area contributed by atoms with Crippen molar-refractivity contribution in [3.05, 3.63) is 161 Å². The average molecular weight is 628 g/mol. The zero-order valence-electron chi connectivity index (χ0n) is 24.9. The number of benzene rings is 6. The molecule has 0 spiro atoms. The highest BCUT2D eigenvalue weighted by Gasteiger charge is 2.35. The van der Waals surface area contributed by atoms with Crippen LogP contribution in [0.25, 0.3) is 80.6 Å². The van der Waals surface area contributed by atoms with Gasteiger partial charge in [-0.1, -0.05) is 72.8 Å². The molecule has 0 unspecified atom stereocenters. The largest absolute Gasteiger partial charge is 0.417 e. The Bertz CT molecular complexity index is 2760. The molecule has 48 heavy (non-hydrogen) atoms. The number of hydrogen-bond donors (Lipinski definition) is 0. The molecule has 8 rings (SSSR count). The standard InChI is InChI=1S/C40H20F3N5/c1-44-24-16-19-35-30(22-24)27-11-5-8-14-33(27)47(35)37-21-18-29(26-10-4-7-13-32(26)40(41,42)43)39(38(37)46-3)48-34-15-9-6-12-28(34)31-23-25(45-2)17-20-36(31)48/h4-23H. The molecule has 5 nitrogen and oxygen atoms in total. The van der Waals surface area contributed by atoms with Crippen LogP contribution in [0, 0.1) is 19.7 Å². The van der Waals surface area contributed by atoms with Crippen LogP contribution in [0.2, 0.25) is 0 Å². The third kappa shape index (κ3) is 4.16. The van der Waals surface area contributed by atoms with Gasteiger partial charge in [0.15, 0.2) is 11.4 Å². The predicted octanol–water partition coefficient (Wildman–Crippen LogP) is 12.2. The molecule has 0 saturated carbocycles. The van der Waals surface area contributed by atoms with E-state index in [0.717, 1.165) is 38.6 Å². The molecule has 0 atom stereocenters. The van der Waals surface area contributed by atoms with Crippen LogP contribution in [0.5, 0.6) is 0 Å². The molecule has 0 N–H and O–H groups in total.